The Morgan fingerprint density at radius 2 is 1.42 bits per heavy atom. The second-order valence-corrected chi connectivity index (χ2v) is 12.7. The molecule has 1 aliphatic heterocycles. The summed E-state index contributed by atoms with van der Waals surface area (Å²) >= 11 is 0. The Morgan fingerprint density at radius 3 is 1.98 bits per heavy atom. The van der Waals surface area contributed by atoms with Gasteiger partial charge in [-0.1, -0.05) is 93.6 Å². The molecule has 1 amide bonds. The van der Waals surface area contributed by atoms with Crippen molar-refractivity contribution < 1.29 is 14.7 Å². The molecular formula is C35H42N4O4. The highest BCUT2D eigenvalue weighted by atomic mass is 16.4. The molecule has 0 radical (unpaired) electrons. The molecule has 2 heterocycles. The van der Waals surface area contributed by atoms with Crippen LogP contribution in [0.5, 0.6) is 0 Å². The maximum absolute atomic E-state index is 13.8. The number of para-hydroxylation sites is 2. The van der Waals surface area contributed by atoms with Crippen LogP contribution < -0.4 is 5.69 Å². The van der Waals surface area contributed by atoms with Gasteiger partial charge in [0.2, 0.25) is 5.91 Å². The number of piperidine rings is 1. The lowest BCUT2D eigenvalue weighted by molar-refractivity contribution is 0.0761. The first-order chi connectivity index (χ1) is 20.6. The van der Waals surface area contributed by atoms with E-state index >= 15 is 0 Å². The highest BCUT2D eigenvalue weighted by Crippen LogP contribution is 2.32. The Kier molecular flexibility index (Phi) is 9.16. The minimum Gasteiger partial charge on any atom is -0.465 e. The van der Waals surface area contributed by atoms with Gasteiger partial charge in [-0.05, 0) is 55.5 Å². The maximum atomic E-state index is 13.8. The van der Waals surface area contributed by atoms with Crippen LogP contribution >= 0.6 is 0 Å². The van der Waals surface area contributed by atoms with Crippen molar-refractivity contribution in [1.29, 1.82) is 0 Å². The number of hydrogen-bond acceptors (Lipinski definition) is 4. The standard InChI is InChI=1S/C35H42N4O4/c1-35(2,3)32(40)39-31-19-11-10-18-30(31)38(33(39)41)29-20-22-37(34(42)43)28(23-29)17-12-21-36(24-26-13-6-4-7-14-26)25-27-15-8-5-9-16-27/h4-11,13-16,18-19,28-29H,12,17,20-25H2,1-3H3,(H,42,43)/t28-,29?/m0/s1. The Bertz CT molecular complexity index is 1560. The summed E-state index contributed by atoms with van der Waals surface area (Å²) in [5, 5.41) is 10.1. The van der Waals surface area contributed by atoms with Crippen molar-refractivity contribution in [3.05, 3.63) is 107 Å². The summed E-state index contributed by atoms with van der Waals surface area (Å²) < 4.78 is 3.04. The number of imidazole rings is 1. The summed E-state index contributed by atoms with van der Waals surface area (Å²) in [6.07, 6.45) is 1.64. The third-order valence-corrected chi connectivity index (χ3v) is 8.43. The number of carboxylic acid groups (broad SMARTS) is 1. The van der Waals surface area contributed by atoms with Crippen LogP contribution in [0.15, 0.2) is 89.7 Å². The molecule has 0 aliphatic carbocycles. The average Bonchev–Trinajstić information content (AvgIpc) is 3.28. The van der Waals surface area contributed by atoms with Crippen LogP contribution in [0, 0.1) is 5.41 Å². The summed E-state index contributed by atoms with van der Waals surface area (Å²) in [5.74, 6) is -0.246. The van der Waals surface area contributed by atoms with E-state index in [2.05, 4.69) is 53.4 Å². The number of fused-ring (bicyclic) bond motifs is 1. The van der Waals surface area contributed by atoms with Gasteiger partial charge in [-0.2, -0.15) is 0 Å². The van der Waals surface area contributed by atoms with Gasteiger partial charge in [0.1, 0.15) is 0 Å². The molecule has 8 heteroatoms. The number of nitrogens with zero attached hydrogens (tertiary/aromatic N) is 4. The molecule has 8 nitrogen and oxygen atoms in total. The highest BCUT2D eigenvalue weighted by molar-refractivity contribution is 5.93. The second kappa shape index (κ2) is 13.0. The summed E-state index contributed by atoms with van der Waals surface area (Å²) in [5.41, 5.74) is 2.73. The van der Waals surface area contributed by atoms with Gasteiger partial charge in [-0.25, -0.2) is 14.2 Å². The first kappa shape index (κ1) is 30.3. The lowest BCUT2D eigenvalue weighted by atomic mass is 9.93. The third-order valence-electron chi connectivity index (χ3n) is 8.43. The van der Waals surface area contributed by atoms with Crippen molar-refractivity contribution in [2.75, 3.05) is 13.1 Å². The number of carbonyl (C=O) groups excluding carboxylic acids is 1. The monoisotopic (exact) mass is 582 g/mol. The Balaban J connectivity index is 1.36. The molecule has 0 spiro atoms. The molecule has 1 aliphatic rings. The normalized spacial score (nSPS) is 17.4. The SMILES string of the molecule is CC(C)(C)C(=O)n1c(=O)n(C2CCN(C(=O)O)[C@@H](CCCN(Cc3ccccc3)Cc3ccccc3)C2)c2ccccc21. The number of aromatic nitrogens is 2. The largest absolute Gasteiger partial charge is 0.465 e. The number of carbonyl (C=O) groups is 2. The molecule has 226 valence electrons. The molecule has 0 bridgehead atoms. The smallest absolute Gasteiger partial charge is 0.407 e. The van der Waals surface area contributed by atoms with Crippen molar-refractivity contribution >= 4 is 23.0 Å². The fourth-order valence-electron chi connectivity index (χ4n) is 6.29. The van der Waals surface area contributed by atoms with Crippen LogP contribution in [0.2, 0.25) is 0 Å². The summed E-state index contributed by atoms with van der Waals surface area (Å²) in [6.45, 7) is 8.22. The van der Waals surface area contributed by atoms with Gasteiger partial charge in [0.25, 0.3) is 0 Å². The minimum atomic E-state index is -0.924. The fourth-order valence-corrected chi connectivity index (χ4v) is 6.29. The first-order valence-corrected chi connectivity index (χ1v) is 15.2. The van der Waals surface area contributed by atoms with Gasteiger partial charge in [-0.15, -0.1) is 0 Å². The summed E-state index contributed by atoms with van der Waals surface area (Å²) in [4.78, 5) is 43.4. The summed E-state index contributed by atoms with van der Waals surface area (Å²) in [6, 6.07) is 27.8. The molecule has 4 aromatic rings. The first-order valence-electron chi connectivity index (χ1n) is 15.2. The lowest BCUT2D eigenvalue weighted by Crippen LogP contribution is -2.47. The maximum Gasteiger partial charge on any atom is 0.407 e. The van der Waals surface area contributed by atoms with E-state index in [4.69, 9.17) is 0 Å². The topological polar surface area (TPSA) is 87.8 Å². The predicted molar refractivity (Wildman–Crippen MR) is 169 cm³/mol. The van der Waals surface area contributed by atoms with E-state index in [-0.39, 0.29) is 23.7 Å². The predicted octanol–water partition coefficient (Wildman–Crippen LogP) is 6.66. The zero-order valence-electron chi connectivity index (χ0n) is 25.4. The average molecular weight is 583 g/mol. The van der Waals surface area contributed by atoms with Crippen molar-refractivity contribution in [3.63, 3.8) is 0 Å². The van der Waals surface area contributed by atoms with Crippen LogP contribution in [0.25, 0.3) is 11.0 Å². The zero-order valence-corrected chi connectivity index (χ0v) is 25.4. The Hall–Kier alpha value is -4.17. The van der Waals surface area contributed by atoms with Crippen LogP contribution in [0.4, 0.5) is 4.79 Å². The van der Waals surface area contributed by atoms with Gasteiger partial charge in [0.05, 0.1) is 11.0 Å². The number of hydrogen-bond donors (Lipinski definition) is 1. The zero-order chi connectivity index (χ0) is 30.6. The lowest BCUT2D eigenvalue weighted by Gasteiger charge is -2.38. The van der Waals surface area contributed by atoms with E-state index in [1.807, 2.05) is 57.2 Å². The molecule has 43 heavy (non-hydrogen) atoms. The van der Waals surface area contributed by atoms with Crippen molar-refractivity contribution in [2.45, 2.75) is 71.6 Å². The van der Waals surface area contributed by atoms with Crippen molar-refractivity contribution in [2.24, 2.45) is 5.41 Å². The summed E-state index contributed by atoms with van der Waals surface area (Å²) in [7, 11) is 0. The number of rotatable bonds is 9. The quantitative estimate of drug-likeness (QED) is 0.239. The van der Waals surface area contributed by atoms with E-state index in [1.54, 1.807) is 9.47 Å². The van der Waals surface area contributed by atoms with Crippen LogP contribution in [-0.4, -0.2) is 55.2 Å². The van der Waals surface area contributed by atoms with Crippen LogP contribution in [0.3, 0.4) is 0 Å². The molecule has 1 fully saturated rings. The number of benzene rings is 3. The van der Waals surface area contributed by atoms with Crippen LogP contribution in [0.1, 0.15) is 68.4 Å². The molecule has 5 rings (SSSR count). The molecule has 1 N–H and O–H groups in total. The number of likely N-dealkylation sites (tertiary alicyclic amines) is 1. The molecule has 3 aromatic carbocycles. The van der Waals surface area contributed by atoms with Crippen molar-refractivity contribution in [1.82, 2.24) is 18.9 Å². The minimum absolute atomic E-state index is 0.197. The van der Waals surface area contributed by atoms with E-state index in [0.29, 0.717) is 31.3 Å². The second-order valence-electron chi connectivity index (χ2n) is 12.7. The van der Waals surface area contributed by atoms with Crippen molar-refractivity contribution in [3.8, 4) is 0 Å². The molecule has 1 aromatic heterocycles. The van der Waals surface area contributed by atoms with Gasteiger partial charge in [-0.3, -0.25) is 14.3 Å². The van der Waals surface area contributed by atoms with E-state index < -0.39 is 11.5 Å². The van der Waals surface area contributed by atoms with Gasteiger partial charge >= 0.3 is 11.8 Å². The number of amides is 1. The highest BCUT2D eigenvalue weighted by Gasteiger charge is 2.35. The van der Waals surface area contributed by atoms with Gasteiger partial charge in [0.15, 0.2) is 0 Å². The molecular weight excluding hydrogens is 540 g/mol. The Morgan fingerprint density at radius 1 is 0.860 bits per heavy atom. The fraction of sp³-hybridized carbons (Fsp3) is 0.400. The van der Waals surface area contributed by atoms with E-state index in [0.717, 1.165) is 31.6 Å². The molecule has 1 unspecified atom stereocenters. The van der Waals surface area contributed by atoms with Gasteiger partial charge < -0.3 is 10.0 Å². The van der Waals surface area contributed by atoms with Crippen LogP contribution in [-0.2, 0) is 13.1 Å². The van der Waals surface area contributed by atoms with E-state index in [1.165, 1.54) is 15.7 Å². The molecule has 2 atom stereocenters. The van der Waals surface area contributed by atoms with Gasteiger partial charge in [0, 0.05) is 37.1 Å². The molecule has 0 saturated carbocycles. The van der Waals surface area contributed by atoms with E-state index in [9.17, 15) is 19.5 Å². The molecule has 1 saturated heterocycles. The Labute approximate surface area is 253 Å². The third kappa shape index (κ3) is 6.91.